The number of carboxylic acids is 1. The Kier molecular flexibility index (Phi) is 6.48. The van der Waals surface area contributed by atoms with Crippen molar-refractivity contribution in [1.82, 2.24) is 15.5 Å². The monoisotopic (exact) mass is 295 g/mol. The number of phenolic OH excluding ortho intramolecular Hbond substituents is 1. The van der Waals surface area contributed by atoms with Crippen LogP contribution in [0.5, 0.6) is 5.75 Å². The van der Waals surface area contributed by atoms with Gasteiger partial charge in [0.1, 0.15) is 11.8 Å². The van der Waals surface area contributed by atoms with E-state index in [1.807, 2.05) is 19.0 Å². The summed E-state index contributed by atoms with van der Waals surface area (Å²) in [7, 11) is 3.76. The number of hydrogen-bond acceptors (Lipinski definition) is 4. The van der Waals surface area contributed by atoms with E-state index in [2.05, 4.69) is 10.6 Å². The van der Waals surface area contributed by atoms with Crippen LogP contribution in [0.4, 0.5) is 4.79 Å². The molecule has 0 aromatic heterocycles. The van der Waals surface area contributed by atoms with E-state index in [1.165, 1.54) is 12.1 Å². The van der Waals surface area contributed by atoms with Crippen LogP contribution in [0.25, 0.3) is 0 Å². The summed E-state index contributed by atoms with van der Waals surface area (Å²) in [6, 6.07) is 4.67. The lowest BCUT2D eigenvalue weighted by Gasteiger charge is -2.16. The minimum atomic E-state index is -1.11. The number of carbonyl (C=O) groups is 2. The van der Waals surface area contributed by atoms with Crippen molar-refractivity contribution in [3.8, 4) is 5.75 Å². The van der Waals surface area contributed by atoms with Crippen molar-refractivity contribution in [3.63, 3.8) is 0 Å². The maximum absolute atomic E-state index is 11.6. The second kappa shape index (κ2) is 8.11. The average molecular weight is 295 g/mol. The van der Waals surface area contributed by atoms with E-state index in [1.54, 1.807) is 12.1 Å². The molecule has 0 aliphatic carbocycles. The van der Waals surface area contributed by atoms with Crippen LogP contribution in [0.2, 0.25) is 0 Å². The zero-order chi connectivity index (χ0) is 15.8. The Morgan fingerprint density at radius 3 is 2.38 bits per heavy atom. The fraction of sp³-hybridized carbons (Fsp3) is 0.429. The summed E-state index contributed by atoms with van der Waals surface area (Å²) in [6.07, 6.45) is 0.150. The molecule has 2 amide bonds. The molecule has 0 bridgehead atoms. The lowest BCUT2D eigenvalue weighted by molar-refractivity contribution is -0.139. The van der Waals surface area contributed by atoms with Gasteiger partial charge < -0.3 is 25.7 Å². The van der Waals surface area contributed by atoms with Crippen LogP contribution in [0.3, 0.4) is 0 Å². The summed E-state index contributed by atoms with van der Waals surface area (Å²) in [5.41, 5.74) is 0.716. The Morgan fingerprint density at radius 2 is 1.86 bits per heavy atom. The highest BCUT2D eigenvalue weighted by molar-refractivity contribution is 5.82. The fourth-order valence-corrected chi connectivity index (χ4v) is 1.67. The fourth-order valence-electron chi connectivity index (χ4n) is 1.67. The van der Waals surface area contributed by atoms with Gasteiger partial charge in [-0.2, -0.15) is 0 Å². The number of urea groups is 1. The first kappa shape index (κ1) is 16.8. The molecule has 7 heteroatoms. The number of amides is 2. The van der Waals surface area contributed by atoms with E-state index in [0.717, 1.165) is 0 Å². The summed E-state index contributed by atoms with van der Waals surface area (Å²) in [5, 5.41) is 23.4. The third-order valence-electron chi connectivity index (χ3n) is 2.82. The highest BCUT2D eigenvalue weighted by Gasteiger charge is 2.20. The SMILES string of the molecule is CN(C)CCNC(=O)N[C@@H](Cc1ccc(O)cc1)C(=O)O. The van der Waals surface area contributed by atoms with E-state index in [9.17, 15) is 14.7 Å². The van der Waals surface area contributed by atoms with Crippen LogP contribution in [0, 0.1) is 0 Å². The molecular formula is C14H21N3O4. The van der Waals surface area contributed by atoms with Crippen LogP contribution in [0.15, 0.2) is 24.3 Å². The first-order valence-electron chi connectivity index (χ1n) is 6.58. The van der Waals surface area contributed by atoms with Crippen LogP contribution in [-0.4, -0.2) is 60.3 Å². The smallest absolute Gasteiger partial charge is 0.326 e. The molecule has 1 aromatic carbocycles. The molecule has 0 fully saturated rings. The van der Waals surface area contributed by atoms with Crippen molar-refractivity contribution < 1.29 is 19.8 Å². The number of rotatable bonds is 7. The number of aromatic hydroxyl groups is 1. The van der Waals surface area contributed by atoms with Crippen LogP contribution in [0.1, 0.15) is 5.56 Å². The number of benzene rings is 1. The predicted octanol–water partition coefficient (Wildman–Crippen LogP) is 0.249. The Morgan fingerprint density at radius 1 is 1.24 bits per heavy atom. The number of aliphatic carboxylic acids is 1. The lowest BCUT2D eigenvalue weighted by Crippen LogP contribution is -2.48. The second-order valence-electron chi connectivity index (χ2n) is 4.96. The number of carboxylic acid groups (broad SMARTS) is 1. The van der Waals surface area contributed by atoms with Gasteiger partial charge in [-0.05, 0) is 31.8 Å². The molecule has 1 atom stereocenters. The highest BCUT2D eigenvalue weighted by atomic mass is 16.4. The number of likely N-dealkylation sites (N-methyl/N-ethyl adjacent to an activating group) is 1. The van der Waals surface area contributed by atoms with Crippen molar-refractivity contribution in [1.29, 1.82) is 0 Å². The molecule has 0 saturated carbocycles. The molecule has 4 N–H and O–H groups in total. The Bertz CT molecular complexity index is 474. The molecule has 0 radical (unpaired) electrons. The molecular weight excluding hydrogens is 274 g/mol. The van der Waals surface area contributed by atoms with Crippen molar-refractivity contribution in [2.75, 3.05) is 27.2 Å². The molecule has 0 unspecified atom stereocenters. The van der Waals surface area contributed by atoms with Gasteiger partial charge in [0.05, 0.1) is 0 Å². The van der Waals surface area contributed by atoms with Gasteiger partial charge >= 0.3 is 12.0 Å². The Balaban J connectivity index is 2.51. The molecule has 21 heavy (non-hydrogen) atoms. The zero-order valence-corrected chi connectivity index (χ0v) is 12.2. The summed E-state index contributed by atoms with van der Waals surface area (Å²) in [6.45, 7) is 1.10. The first-order chi connectivity index (χ1) is 9.88. The van der Waals surface area contributed by atoms with Gasteiger partial charge in [-0.1, -0.05) is 12.1 Å². The number of nitrogens with one attached hydrogen (secondary N) is 2. The molecule has 0 saturated heterocycles. The number of hydrogen-bond donors (Lipinski definition) is 4. The second-order valence-corrected chi connectivity index (χ2v) is 4.96. The van der Waals surface area contributed by atoms with E-state index in [0.29, 0.717) is 18.7 Å². The molecule has 7 nitrogen and oxygen atoms in total. The normalized spacial score (nSPS) is 12.0. The first-order valence-corrected chi connectivity index (χ1v) is 6.58. The maximum Gasteiger partial charge on any atom is 0.326 e. The van der Waals surface area contributed by atoms with Gasteiger partial charge in [-0.15, -0.1) is 0 Å². The predicted molar refractivity (Wildman–Crippen MR) is 78.3 cm³/mol. The summed E-state index contributed by atoms with van der Waals surface area (Å²) >= 11 is 0. The molecule has 0 aliphatic heterocycles. The maximum atomic E-state index is 11.6. The zero-order valence-electron chi connectivity index (χ0n) is 12.2. The third kappa shape index (κ3) is 6.62. The van der Waals surface area contributed by atoms with Crippen molar-refractivity contribution >= 4 is 12.0 Å². The topological polar surface area (TPSA) is 102 Å². The number of phenols is 1. The van der Waals surface area contributed by atoms with Crippen molar-refractivity contribution in [2.24, 2.45) is 0 Å². The van der Waals surface area contributed by atoms with Gasteiger partial charge in [0.2, 0.25) is 0 Å². The number of carbonyl (C=O) groups excluding carboxylic acids is 1. The standard InChI is InChI=1S/C14H21N3O4/c1-17(2)8-7-15-14(21)16-12(13(19)20)9-10-3-5-11(18)6-4-10/h3-6,12,18H,7-9H2,1-2H3,(H,19,20)(H2,15,16,21)/t12-/m0/s1. The third-order valence-corrected chi connectivity index (χ3v) is 2.82. The van der Waals surface area contributed by atoms with E-state index < -0.39 is 18.0 Å². The van der Waals surface area contributed by atoms with Crippen LogP contribution in [-0.2, 0) is 11.2 Å². The van der Waals surface area contributed by atoms with Gasteiger partial charge in [-0.25, -0.2) is 9.59 Å². The van der Waals surface area contributed by atoms with Crippen LogP contribution >= 0.6 is 0 Å². The van der Waals surface area contributed by atoms with Crippen molar-refractivity contribution in [2.45, 2.75) is 12.5 Å². The minimum Gasteiger partial charge on any atom is -0.508 e. The van der Waals surface area contributed by atoms with E-state index in [4.69, 9.17) is 5.11 Å². The Labute approximate surface area is 123 Å². The quantitative estimate of drug-likeness (QED) is 0.577. The summed E-state index contributed by atoms with van der Waals surface area (Å²) < 4.78 is 0. The minimum absolute atomic E-state index is 0.111. The van der Waals surface area contributed by atoms with E-state index in [-0.39, 0.29) is 12.2 Å². The summed E-state index contributed by atoms with van der Waals surface area (Å²) in [4.78, 5) is 24.7. The molecule has 0 aliphatic rings. The van der Waals surface area contributed by atoms with Gasteiger partial charge in [-0.3, -0.25) is 0 Å². The van der Waals surface area contributed by atoms with E-state index >= 15 is 0 Å². The molecule has 0 heterocycles. The van der Waals surface area contributed by atoms with Crippen LogP contribution < -0.4 is 10.6 Å². The largest absolute Gasteiger partial charge is 0.508 e. The molecule has 1 rings (SSSR count). The van der Waals surface area contributed by atoms with Crippen molar-refractivity contribution in [3.05, 3.63) is 29.8 Å². The number of nitrogens with zero attached hydrogens (tertiary/aromatic N) is 1. The molecule has 0 spiro atoms. The summed E-state index contributed by atoms with van der Waals surface area (Å²) in [5.74, 6) is -0.995. The highest BCUT2D eigenvalue weighted by Crippen LogP contribution is 2.11. The average Bonchev–Trinajstić information content (AvgIpc) is 2.40. The van der Waals surface area contributed by atoms with Gasteiger partial charge in [0.25, 0.3) is 0 Å². The van der Waals surface area contributed by atoms with Gasteiger partial charge in [0, 0.05) is 19.5 Å². The molecule has 1 aromatic rings. The van der Waals surface area contributed by atoms with Gasteiger partial charge in [0.15, 0.2) is 0 Å². The lowest BCUT2D eigenvalue weighted by atomic mass is 10.1. The molecule has 116 valence electrons. The Hall–Kier alpha value is -2.28.